The van der Waals surface area contributed by atoms with E-state index >= 15 is 0 Å². The van der Waals surface area contributed by atoms with Gasteiger partial charge in [-0.15, -0.1) is 0 Å². The fourth-order valence-electron chi connectivity index (χ4n) is 4.50. The molecule has 28 heavy (non-hydrogen) atoms. The van der Waals surface area contributed by atoms with Crippen LogP contribution in [-0.2, 0) is 18.3 Å². The highest BCUT2D eigenvalue weighted by molar-refractivity contribution is 5.79. The first kappa shape index (κ1) is 20.7. The zero-order valence-corrected chi connectivity index (χ0v) is 17.6. The first-order valence-electron chi connectivity index (χ1n) is 10.8. The lowest BCUT2D eigenvalue weighted by Gasteiger charge is -2.33. The number of amides is 3. The number of carbonyl (C=O) groups excluding carboxylic acids is 2. The van der Waals surface area contributed by atoms with Crippen molar-refractivity contribution in [3.8, 4) is 0 Å². The van der Waals surface area contributed by atoms with Crippen molar-refractivity contribution in [2.24, 2.45) is 13.0 Å². The lowest BCUT2D eigenvalue weighted by molar-refractivity contribution is -0.126. The molecule has 1 saturated heterocycles. The van der Waals surface area contributed by atoms with Crippen molar-refractivity contribution >= 4 is 11.9 Å². The maximum Gasteiger partial charge on any atom is 0.317 e. The van der Waals surface area contributed by atoms with Crippen LogP contribution in [0.4, 0.5) is 4.79 Å². The Morgan fingerprint density at radius 2 is 1.75 bits per heavy atom. The minimum Gasteiger partial charge on any atom is -0.353 e. The van der Waals surface area contributed by atoms with Gasteiger partial charge in [-0.1, -0.05) is 19.3 Å². The second-order valence-electron chi connectivity index (χ2n) is 8.36. The molecule has 0 bridgehead atoms. The van der Waals surface area contributed by atoms with Gasteiger partial charge in [-0.25, -0.2) is 4.79 Å². The molecule has 0 spiro atoms. The standard InChI is InChI=1S/C21H35N5O2/c1-15-19(16(2)25(3)24-15)9-12-22-21(28)26-13-10-18(11-14-26)23-20(27)17-7-5-4-6-8-17/h17-18H,4-14H2,1-3H3,(H,22,28)(H,23,27). The van der Waals surface area contributed by atoms with E-state index in [1.807, 2.05) is 23.6 Å². The van der Waals surface area contributed by atoms with E-state index in [4.69, 9.17) is 0 Å². The zero-order valence-electron chi connectivity index (χ0n) is 17.6. The maximum absolute atomic E-state index is 12.4. The highest BCUT2D eigenvalue weighted by Crippen LogP contribution is 2.24. The number of aryl methyl sites for hydroxylation is 2. The molecule has 1 aliphatic carbocycles. The highest BCUT2D eigenvalue weighted by atomic mass is 16.2. The summed E-state index contributed by atoms with van der Waals surface area (Å²) in [6.45, 7) is 6.09. The normalized spacial score (nSPS) is 18.9. The van der Waals surface area contributed by atoms with Crippen molar-refractivity contribution in [1.29, 1.82) is 0 Å². The number of hydrogen-bond acceptors (Lipinski definition) is 3. The fourth-order valence-corrected chi connectivity index (χ4v) is 4.50. The number of rotatable bonds is 5. The van der Waals surface area contributed by atoms with Crippen molar-refractivity contribution in [1.82, 2.24) is 25.3 Å². The van der Waals surface area contributed by atoms with Gasteiger partial charge in [0.25, 0.3) is 0 Å². The average Bonchev–Trinajstić information content (AvgIpc) is 2.95. The van der Waals surface area contributed by atoms with E-state index in [-0.39, 0.29) is 23.9 Å². The second-order valence-corrected chi connectivity index (χ2v) is 8.36. The van der Waals surface area contributed by atoms with E-state index in [0.29, 0.717) is 19.6 Å². The summed E-state index contributed by atoms with van der Waals surface area (Å²) in [7, 11) is 1.95. The van der Waals surface area contributed by atoms with Gasteiger partial charge in [-0.3, -0.25) is 9.48 Å². The van der Waals surface area contributed by atoms with Crippen molar-refractivity contribution in [3.63, 3.8) is 0 Å². The summed E-state index contributed by atoms with van der Waals surface area (Å²) in [5.41, 5.74) is 3.40. The molecule has 2 heterocycles. The quantitative estimate of drug-likeness (QED) is 0.812. The number of urea groups is 1. The number of piperidine rings is 1. The van der Waals surface area contributed by atoms with Crippen molar-refractivity contribution in [2.75, 3.05) is 19.6 Å². The van der Waals surface area contributed by atoms with E-state index in [1.165, 1.54) is 24.8 Å². The number of nitrogens with one attached hydrogen (secondary N) is 2. The van der Waals surface area contributed by atoms with Gasteiger partial charge >= 0.3 is 6.03 Å². The third-order valence-corrected chi connectivity index (χ3v) is 6.41. The molecule has 1 aromatic rings. The van der Waals surface area contributed by atoms with Gasteiger partial charge < -0.3 is 15.5 Å². The van der Waals surface area contributed by atoms with Gasteiger partial charge in [-0.05, 0) is 51.5 Å². The molecule has 1 aromatic heterocycles. The van der Waals surface area contributed by atoms with Gasteiger partial charge in [0.05, 0.1) is 5.69 Å². The molecule has 3 rings (SSSR count). The van der Waals surface area contributed by atoms with Crippen LogP contribution in [0.15, 0.2) is 0 Å². The molecule has 2 aliphatic rings. The predicted octanol–water partition coefficient (Wildman–Crippen LogP) is 2.45. The summed E-state index contributed by atoms with van der Waals surface area (Å²) in [4.78, 5) is 26.7. The molecule has 0 aromatic carbocycles. The van der Waals surface area contributed by atoms with Gasteiger partial charge in [0.1, 0.15) is 0 Å². The predicted molar refractivity (Wildman–Crippen MR) is 109 cm³/mol. The van der Waals surface area contributed by atoms with Gasteiger partial charge in [-0.2, -0.15) is 5.10 Å². The van der Waals surface area contributed by atoms with E-state index in [2.05, 4.69) is 22.7 Å². The topological polar surface area (TPSA) is 79.3 Å². The Kier molecular flexibility index (Phi) is 6.97. The number of aromatic nitrogens is 2. The Morgan fingerprint density at radius 1 is 1.07 bits per heavy atom. The maximum atomic E-state index is 12.4. The molecule has 0 radical (unpaired) electrons. The zero-order chi connectivity index (χ0) is 20.1. The summed E-state index contributed by atoms with van der Waals surface area (Å²) in [5.74, 6) is 0.430. The van der Waals surface area contributed by atoms with Crippen LogP contribution in [0.3, 0.4) is 0 Å². The van der Waals surface area contributed by atoms with Crippen LogP contribution in [0.5, 0.6) is 0 Å². The molecule has 1 aliphatic heterocycles. The number of hydrogen-bond donors (Lipinski definition) is 2. The minimum atomic E-state index is -0.00347. The Bertz CT molecular complexity index is 685. The van der Waals surface area contributed by atoms with Crippen molar-refractivity contribution < 1.29 is 9.59 Å². The van der Waals surface area contributed by atoms with Crippen LogP contribution in [-0.4, -0.2) is 52.3 Å². The molecule has 1 saturated carbocycles. The molecule has 7 nitrogen and oxygen atoms in total. The summed E-state index contributed by atoms with van der Waals surface area (Å²) in [6, 6.07) is 0.204. The first-order chi connectivity index (χ1) is 13.5. The van der Waals surface area contributed by atoms with Gasteiger partial charge in [0, 0.05) is 44.3 Å². The average molecular weight is 390 g/mol. The van der Waals surface area contributed by atoms with Crippen molar-refractivity contribution in [2.45, 2.75) is 71.3 Å². The summed E-state index contributed by atoms with van der Waals surface area (Å²) in [6.07, 6.45) is 8.15. The smallest absolute Gasteiger partial charge is 0.317 e. The van der Waals surface area contributed by atoms with Crippen LogP contribution in [0.25, 0.3) is 0 Å². The minimum absolute atomic E-state index is 0.00347. The molecule has 156 valence electrons. The van der Waals surface area contributed by atoms with Gasteiger partial charge in [0.15, 0.2) is 0 Å². The Hall–Kier alpha value is -2.05. The van der Waals surface area contributed by atoms with Crippen LogP contribution in [0.2, 0.25) is 0 Å². The molecular formula is C21H35N5O2. The first-order valence-corrected chi connectivity index (χ1v) is 10.8. The molecule has 7 heteroatoms. The largest absolute Gasteiger partial charge is 0.353 e. The third-order valence-electron chi connectivity index (χ3n) is 6.41. The van der Waals surface area contributed by atoms with Crippen LogP contribution in [0.1, 0.15) is 61.9 Å². The van der Waals surface area contributed by atoms with Gasteiger partial charge in [0.2, 0.25) is 5.91 Å². The summed E-state index contributed by atoms with van der Waals surface area (Å²) >= 11 is 0. The van der Waals surface area contributed by atoms with Crippen molar-refractivity contribution in [3.05, 3.63) is 17.0 Å². The Balaban J connectivity index is 1.37. The lowest BCUT2D eigenvalue weighted by Crippen LogP contribution is -2.50. The van der Waals surface area contributed by atoms with Crippen LogP contribution < -0.4 is 10.6 Å². The molecule has 0 unspecified atom stereocenters. The number of nitrogens with zero attached hydrogens (tertiary/aromatic N) is 3. The molecule has 2 N–H and O–H groups in total. The Labute approximate surface area is 168 Å². The highest BCUT2D eigenvalue weighted by Gasteiger charge is 2.27. The van der Waals surface area contributed by atoms with E-state index in [0.717, 1.165) is 43.5 Å². The summed E-state index contributed by atoms with van der Waals surface area (Å²) < 4.78 is 1.89. The molecular weight excluding hydrogens is 354 g/mol. The third kappa shape index (κ3) is 5.06. The second kappa shape index (κ2) is 9.43. The lowest BCUT2D eigenvalue weighted by atomic mass is 9.88. The SMILES string of the molecule is Cc1nn(C)c(C)c1CCNC(=O)N1CCC(NC(=O)C2CCCCC2)CC1. The molecule has 0 atom stereocenters. The number of carbonyl (C=O) groups is 2. The van der Waals surface area contributed by atoms with E-state index in [9.17, 15) is 9.59 Å². The van der Waals surface area contributed by atoms with Crippen LogP contribution >= 0.6 is 0 Å². The monoisotopic (exact) mass is 389 g/mol. The van der Waals surface area contributed by atoms with E-state index < -0.39 is 0 Å². The van der Waals surface area contributed by atoms with Crippen LogP contribution in [0, 0.1) is 19.8 Å². The summed E-state index contributed by atoms with van der Waals surface area (Å²) in [5, 5.41) is 10.7. The van der Waals surface area contributed by atoms with E-state index in [1.54, 1.807) is 0 Å². The molecule has 2 fully saturated rings. The Morgan fingerprint density at radius 3 is 2.36 bits per heavy atom. The number of likely N-dealkylation sites (tertiary alicyclic amines) is 1. The fraction of sp³-hybridized carbons (Fsp3) is 0.762. The molecule has 3 amide bonds.